The molecule has 4 heteroatoms. The van der Waals surface area contributed by atoms with Crippen molar-refractivity contribution < 1.29 is 14.6 Å². The van der Waals surface area contributed by atoms with Gasteiger partial charge < -0.3 is 9.84 Å². The first-order valence-electron chi connectivity index (χ1n) is 7.21. The zero-order valence-corrected chi connectivity index (χ0v) is 12.7. The van der Waals surface area contributed by atoms with E-state index < -0.39 is 0 Å². The van der Waals surface area contributed by atoms with Crippen LogP contribution in [0.3, 0.4) is 0 Å². The fraction of sp³-hybridized carbons (Fsp3) is 0.222. The van der Waals surface area contributed by atoms with E-state index in [9.17, 15) is 9.90 Å². The van der Waals surface area contributed by atoms with Gasteiger partial charge in [-0.1, -0.05) is 19.1 Å². The first kappa shape index (κ1) is 15.8. The normalized spacial score (nSPS) is 10.8. The first-order valence-corrected chi connectivity index (χ1v) is 7.21. The van der Waals surface area contributed by atoms with Crippen molar-refractivity contribution in [2.45, 2.75) is 20.3 Å². The number of hydrogen-bond donors (Lipinski definition) is 1. The lowest BCUT2D eigenvalue weighted by Gasteiger charge is -2.06. The van der Waals surface area contributed by atoms with Gasteiger partial charge in [-0.15, -0.1) is 0 Å². The van der Waals surface area contributed by atoms with E-state index in [1.165, 1.54) is 6.92 Å². The fourth-order valence-corrected chi connectivity index (χ4v) is 1.89. The summed E-state index contributed by atoms with van der Waals surface area (Å²) in [6, 6.07) is 12.2. The molecule has 0 aliphatic rings. The maximum absolute atomic E-state index is 11.3. The highest BCUT2D eigenvalue weighted by Crippen LogP contribution is 2.23. The highest BCUT2D eigenvalue weighted by Gasteiger charge is 2.02. The summed E-state index contributed by atoms with van der Waals surface area (Å²) in [4.78, 5) is 15.6. The number of nitrogens with zero attached hydrogens (tertiary/aromatic N) is 1. The minimum absolute atomic E-state index is 0.00248. The number of ketones is 1. The molecule has 0 saturated heterocycles. The molecule has 2 rings (SSSR count). The van der Waals surface area contributed by atoms with Gasteiger partial charge in [0.05, 0.1) is 12.3 Å². The predicted molar refractivity (Wildman–Crippen MR) is 87.6 cm³/mol. The van der Waals surface area contributed by atoms with Crippen molar-refractivity contribution in [2.75, 3.05) is 6.61 Å². The Kier molecular flexibility index (Phi) is 5.31. The highest BCUT2D eigenvalue weighted by atomic mass is 16.5. The molecular formula is C18H19NO3. The molecule has 0 atom stereocenters. The SMILES string of the molecule is CCCOc1ccc(C=Nc2cccc(C(C)=O)c2)c(O)c1. The van der Waals surface area contributed by atoms with E-state index >= 15 is 0 Å². The Bertz CT molecular complexity index is 692. The van der Waals surface area contributed by atoms with Crippen molar-refractivity contribution in [1.82, 2.24) is 0 Å². The number of hydrogen-bond acceptors (Lipinski definition) is 4. The molecule has 0 fully saturated rings. The summed E-state index contributed by atoms with van der Waals surface area (Å²) in [6.45, 7) is 4.16. The Morgan fingerprint density at radius 3 is 2.77 bits per heavy atom. The van der Waals surface area contributed by atoms with Crippen LogP contribution in [0.25, 0.3) is 0 Å². The van der Waals surface area contributed by atoms with Crippen LogP contribution in [-0.2, 0) is 0 Å². The number of phenolic OH excluding ortho intramolecular Hbond substituents is 1. The Morgan fingerprint density at radius 1 is 1.27 bits per heavy atom. The second-order valence-corrected chi connectivity index (χ2v) is 4.93. The molecule has 2 aromatic carbocycles. The van der Waals surface area contributed by atoms with E-state index in [2.05, 4.69) is 4.99 Å². The van der Waals surface area contributed by atoms with Gasteiger partial charge in [-0.3, -0.25) is 9.79 Å². The number of benzene rings is 2. The maximum atomic E-state index is 11.3. The fourth-order valence-electron chi connectivity index (χ4n) is 1.89. The number of carbonyl (C=O) groups is 1. The van der Waals surface area contributed by atoms with Crippen molar-refractivity contribution in [1.29, 1.82) is 0 Å². The monoisotopic (exact) mass is 297 g/mol. The number of rotatable bonds is 6. The van der Waals surface area contributed by atoms with E-state index in [1.807, 2.05) is 6.92 Å². The quantitative estimate of drug-likeness (QED) is 0.644. The molecule has 0 amide bonds. The summed E-state index contributed by atoms with van der Waals surface area (Å²) in [5.41, 5.74) is 1.87. The van der Waals surface area contributed by atoms with Crippen molar-refractivity contribution >= 4 is 17.7 Å². The summed E-state index contributed by atoms with van der Waals surface area (Å²) >= 11 is 0. The maximum Gasteiger partial charge on any atom is 0.159 e. The van der Waals surface area contributed by atoms with Crippen LogP contribution in [0.4, 0.5) is 5.69 Å². The number of carbonyl (C=O) groups excluding carboxylic acids is 1. The zero-order chi connectivity index (χ0) is 15.9. The molecular weight excluding hydrogens is 278 g/mol. The molecule has 0 unspecified atom stereocenters. The molecule has 0 bridgehead atoms. The van der Waals surface area contributed by atoms with Crippen LogP contribution in [0.5, 0.6) is 11.5 Å². The van der Waals surface area contributed by atoms with E-state index in [4.69, 9.17) is 4.74 Å². The van der Waals surface area contributed by atoms with Gasteiger partial charge in [0.25, 0.3) is 0 Å². The minimum atomic E-state index is -0.00248. The average Bonchev–Trinajstić information content (AvgIpc) is 2.52. The molecule has 0 aliphatic heterocycles. The van der Waals surface area contributed by atoms with Crippen LogP contribution in [0.15, 0.2) is 47.5 Å². The van der Waals surface area contributed by atoms with Crippen LogP contribution < -0.4 is 4.74 Å². The molecule has 2 aromatic rings. The van der Waals surface area contributed by atoms with Crippen LogP contribution in [0.1, 0.15) is 36.2 Å². The third-order valence-electron chi connectivity index (χ3n) is 3.08. The number of ether oxygens (including phenoxy) is 1. The van der Waals surface area contributed by atoms with Crippen molar-refractivity contribution in [3.63, 3.8) is 0 Å². The van der Waals surface area contributed by atoms with Crippen LogP contribution in [0, 0.1) is 0 Å². The highest BCUT2D eigenvalue weighted by molar-refractivity contribution is 5.95. The largest absolute Gasteiger partial charge is 0.507 e. The van der Waals surface area contributed by atoms with Crippen molar-refractivity contribution in [2.24, 2.45) is 4.99 Å². The number of Topliss-reactive ketones (excluding diaryl/α,β-unsaturated/α-hetero) is 1. The third-order valence-corrected chi connectivity index (χ3v) is 3.08. The molecule has 4 nitrogen and oxygen atoms in total. The molecule has 1 N–H and O–H groups in total. The van der Waals surface area contributed by atoms with E-state index in [-0.39, 0.29) is 11.5 Å². The average molecular weight is 297 g/mol. The summed E-state index contributed by atoms with van der Waals surface area (Å²) in [5, 5.41) is 9.99. The third kappa shape index (κ3) is 4.19. The van der Waals surface area contributed by atoms with Gasteiger partial charge in [0.2, 0.25) is 0 Å². The molecule has 0 heterocycles. The van der Waals surface area contributed by atoms with Crippen LogP contribution in [0.2, 0.25) is 0 Å². The van der Waals surface area contributed by atoms with Gasteiger partial charge in [0, 0.05) is 23.4 Å². The Labute approximate surface area is 130 Å². The topological polar surface area (TPSA) is 58.9 Å². The summed E-state index contributed by atoms with van der Waals surface area (Å²) in [6.07, 6.45) is 2.48. The van der Waals surface area contributed by atoms with Gasteiger partial charge in [0.15, 0.2) is 5.78 Å². The lowest BCUT2D eigenvalue weighted by molar-refractivity contribution is 0.101. The summed E-state index contributed by atoms with van der Waals surface area (Å²) in [5.74, 6) is 0.743. The standard InChI is InChI=1S/C18H19NO3/c1-3-9-22-17-8-7-15(18(21)11-17)12-19-16-6-4-5-14(10-16)13(2)20/h4-8,10-12,21H,3,9H2,1-2H3. The number of aromatic hydroxyl groups is 1. The molecule has 0 aromatic heterocycles. The lowest BCUT2D eigenvalue weighted by Crippen LogP contribution is -1.95. The molecule has 0 spiro atoms. The van der Waals surface area contributed by atoms with Crippen LogP contribution in [-0.4, -0.2) is 23.7 Å². The Balaban J connectivity index is 2.16. The first-order chi connectivity index (χ1) is 10.6. The smallest absolute Gasteiger partial charge is 0.159 e. The second kappa shape index (κ2) is 7.41. The van der Waals surface area contributed by atoms with Crippen molar-refractivity contribution in [3.8, 4) is 11.5 Å². The predicted octanol–water partition coefficient (Wildman–Crippen LogP) is 4.13. The molecule has 0 saturated carbocycles. The number of aliphatic imine (C=N–C) groups is 1. The summed E-state index contributed by atoms with van der Waals surface area (Å²) in [7, 11) is 0. The van der Waals surface area contributed by atoms with Gasteiger partial charge in [0.1, 0.15) is 11.5 Å². The van der Waals surface area contributed by atoms with E-state index in [1.54, 1.807) is 48.7 Å². The Morgan fingerprint density at radius 2 is 2.09 bits per heavy atom. The lowest BCUT2D eigenvalue weighted by atomic mass is 10.1. The van der Waals surface area contributed by atoms with E-state index in [0.717, 1.165) is 6.42 Å². The van der Waals surface area contributed by atoms with Gasteiger partial charge in [-0.05, 0) is 37.6 Å². The molecule has 114 valence electrons. The molecule has 0 radical (unpaired) electrons. The Hall–Kier alpha value is -2.62. The zero-order valence-electron chi connectivity index (χ0n) is 12.7. The van der Waals surface area contributed by atoms with E-state index in [0.29, 0.717) is 29.2 Å². The second-order valence-electron chi connectivity index (χ2n) is 4.93. The van der Waals surface area contributed by atoms with Gasteiger partial charge >= 0.3 is 0 Å². The number of phenols is 1. The molecule has 0 aliphatic carbocycles. The van der Waals surface area contributed by atoms with Crippen molar-refractivity contribution in [3.05, 3.63) is 53.6 Å². The van der Waals surface area contributed by atoms with Gasteiger partial charge in [-0.25, -0.2) is 0 Å². The van der Waals surface area contributed by atoms with Crippen LogP contribution >= 0.6 is 0 Å². The summed E-state index contributed by atoms with van der Waals surface area (Å²) < 4.78 is 5.45. The van der Waals surface area contributed by atoms with Gasteiger partial charge in [-0.2, -0.15) is 0 Å². The molecule has 22 heavy (non-hydrogen) atoms. The minimum Gasteiger partial charge on any atom is -0.507 e.